The van der Waals surface area contributed by atoms with Crippen LogP contribution in [0, 0.1) is 6.92 Å². The molecule has 0 radical (unpaired) electrons. The number of amides is 2. The largest absolute Gasteiger partial charge is 0.493 e. The first kappa shape index (κ1) is 30.0. The van der Waals surface area contributed by atoms with Gasteiger partial charge in [0.2, 0.25) is 0 Å². The van der Waals surface area contributed by atoms with Crippen molar-refractivity contribution in [2.24, 2.45) is 0 Å². The summed E-state index contributed by atoms with van der Waals surface area (Å²) in [5.74, 6) is -1.23. The zero-order valence-electron chi connectivity index (χ0n) is 23.4. The summed E-state index contributed by atoms with van der Waals surface area (Å²) in [4.78, 5) is 27.5. The van der Waals surface area contributed by atoms with Gasteiger partial charge in [0.25, 0.3) is 0 Å². The van der Waals surface area contributed by atoms with Gasteiger partial charge in [-0.25, -0.2) is 9.59 Å². The standard InChI is InChI=1S/C27H34N4O3.C2HF3O2/c1-17-13-18-14-20(6-7-22(18)28-17)29-26(32)30-21-9-10-27(11-12-31(2)25(27)16-21)19-5-8-23(33-3)24(15-19)34-4;3-2(4,5)1(6)7/h5-8,13-15,21,25,28H,9-12,16H2,1-4H3,(H2,29,30,32);(H,6,7). The lowest BCUT2D eigenvalue weighted by atomic mass is 9.65. The number of hydrogen-bond donors (Lipinski definition) is 4. The number of benzene rings is 2. The average molecular weight is 577 g/mol. The zero-order chi connectivity index (χ0) is 29.9. The van der Waals surface area contributed by atoms with Crippen LogP contribution >= 0.6 is 0 Å². The molecule has 3 unspecified atom stereocenters. The van der Waals surface area contributed by atoms with E-state index in [-0.39, 0.29) is 17.5 Å². The third-order valence-electron chi connectivity index (χ3n) is 8.08. The van der Waals surface area contributed by atoms with Gasteiger partial charge in [-0.15, -0.1) is 0 Å². The molecular formula is C29H35F3N4O5. The number of aryl methyl sites for hydroxylation is 1. The second-order valence-electron chi connectivity index (χ2n) is 10.6. The number of H-pyrrole nitrogens is 1. The third-order valence-corrected chi connectivity index (χ3v) is 8.08. The SMILES string of the molecule is COc1ccc(C23CCC(NC(=O)Nc4ccc5[nH]c(C)cc5c4)CC2N(C)CC3)cc1OC.O=C(O)C(F)(F)F. The maximum Gasteiger partial charge on any atom is 0.490 e. The Kier molecular flexibility index (Phi) is 8.71. The molecule has 2 aromatic carbocycles. The van der Waals surface area contributed by atoms with E-state index in [9.17, 15) is 18.0 Å². The number of carbonyl (C=O) groups excluding carboxylic acids is 1. The van der Waals surface area contributed by atoms with Crippen molar-refractivity contribution in [3.63, 3.8) is 0 Å². The average Bonchev–Trinajstić information content (AvgIpc) is 3.46. The van der Waals surface area contributed by atoms with E-state index >= 15 is 0 Å². The number of likely N-dealkylation sites (tertiary alicyclic amines) is 1. The predicted octanol–water partition coefficient (Wildman–Crippen LogP) is 5.44. The molecule has 2 aliphatic rings. The van der Waals surface area contributed by atoms with Gasteiger partial charge < -0.3 is 35.1 Å². The number of carbonyl (C=O) groups is 2. The smallest absolute Gasteiger partial charge is 0.490 e. The molecule has 1 aliphatic heterocycles. The second kappa shape index (κ2) is 11.9. The van der Waals surface area contributed by atoms with Crippen LogP contribution in [0.2, 0.25) is 0 Å². The maximum atomic E-state index is 12.8. The summed E-state index contributed by atoms with van der Waals surface area (Å²) in [6, 6.07) is 14.7. The summed E-state index contributed by atoms with van der Waals surface area (Å²) in [7, 11) is 5.55. The maximum absolute atomic E-state index is 12.8. The van der Waals surface area contributed by atoms with Gasteiger partial charge >= 0.3 is 18.2 Å². The van der Waals surface area contributed by atoms with E-state index in [1.165, 1.54) is 5.56 Å². The van der Waals surface area contributed by atoms with Gasteiger partial charge in [-0.3, -0.25) is 0 Å². The topological polar surface area (TPSA) is 116 Å². The molecule has 4 N–H and O–H groups in total. The monoisotopic (exact) mass is 576 g/mol. The molecule has 3 aromatic rings. The van der Waals surface area contributed by atoms with Crippen LogP contribution in [0.1, 0.15) is 36.9 Å². The minimum absolute atomic E-state index is 0.0696. The molecule has 9 nitrogen and oxygen atoms in total. The zero-order valence-corrected chi connectivity index (χ0v) is 23.4. The van der Waals surface area contributed by atoms with Crippen molar-refractivity contribution in [1.29, 1.82) is 0 Å². The van der Waals surface area contributed by atoms with Crippen molar-refractivity contribution >= 4 is 28.6 Å². The molecule has 1 aromatic heterocycles. The molecule has 5 rings (SSSR count). The number of nitrogens with one attached hydrogen (secondary N) is 3. The number of alkyl halides is 3. The first-order valence-electron chi connectivity index (χ1n) is 13.3. The Hall–Kier alpha value is -3.93. The van der Waals surface area contributed by atoms with E-state index in [0.29, 0.717) is 6.04 Å². The fourth-order valence-electron chi connectivity index (χ4n) is 6.10. The van der Waals surface area contributed by atoms with Gasteiger partial charge in [-0.2, -0.15) is 13.2 Å². The number of ether oxygens (including phenoxy) is 2. The molecule has 1 saturated heterocycles. The number of fused-ring (bicyclic) bond motifs is 2. The van der Waals surface area contributed by atoms with Crippen LogP contribution in [0.4, 0.5) is 23.7 Å². The number of aromatic amines is 1. The number of urea groups is 1. The molecule has 0 spiro atoms. The Morgan fingerprint density at radius 2 is 1.78 bits per heavy atom. The normalized spacial score (nSPS) is 22.3. The highest BCUT2D eigenvalue weighted by Crippen LogP contribution is 2.49. The van der Waals surface area contributed by atoms with Crippen LogP contribution in [-0.2, 0) is 10.2 Å². The summed E-state index contributed by atoms with van der Waals surface area (Å²) in [5.41, 5.74) is 4.36. The molecule has 3 atom stereocenters. The van der Waals surface area contributed by atoms with E-state index in [1.54, 1.807) is 14.2 Å². The van der Waals surface area contributed by atoms with Gasteiger partial charge in [-0.1, -0.05) is 6.07 Å². The van der Waals surface area contributed by atoms with Gasteiger partial charge in [-0.05, 0) is 88.2 Å². The minimum atomic E-state index is -5.08. The van der Waals surface area contributed by atoms with Crippen molar-refractivity contribution < 1.29 is 37.3 Å². The van der Waals surface area contributed by atoms with Crippen molar-refractivity contribution in [1.82, 2.24) is 15.2 Å². The van der Waals surface area contributed by atoms with Crippen LogP contribution in [0.5, 0.6) is 11.5 Å². The van der Waals surface area contributed by atoms with Gasteiger partial charge in [0, 0.05) is 39.8 Å². The van der Waals surface area contributed by atoms with Crippen molar-refractivity contribution in [2.75, 3.05) is 33.1 Å². The van der Waals surface area contributed by atoms with Crippen LogP contribution in [0.3, 0.4) is 0 Å². The molecule has 222 valence electrons. The molecular weight excluding hydrogens is 541 g/mol. The van der Waals surface area contributed by atoms with Crippen molar-refractivity contribution in [3.8, 4) is 11.5 Å². The highest BCUT2D eigenvalue weighted by molar-refractivity contribution is 5.93. The molecule has 41 heavy (non-hydrogen) atoms. The number of carboxylic acid groups (broad SMARTS) is 1. The van der Waals surface area contributed by atoms with Crippen LogP contribution in [-0.4, -0.2) is 73.1 Å². The molecule has 0 bridgehead atoms. The van der Waals surface area contributed by atoms with E-state index < -0.39 is 12.1 Å². The van der Waals surface area contributed by atoms with Gasteiger partial charge in [0.15, 0.2) is 11.5 Å². The van der Waals surface area contributed by atoms with E-state index in [0.717, 1.165) is 66.0 Å². The lowest BCUT2D eigenvalue weighted by Gasteiger charge is -2.45. The molecule has 1 aliphatic carbocycles. The Bertz CT molecular complexity index is 1410. The molecule has 2 amide bonds. The number of nitrogens with zero attached hydrogens (tertiary/aromatic N) is 1. The van der Waals surface area contributed by atoms with Gasteiger partial charge in [0.1, 0.15) is 0 Å². The lowest BCUT2D eigenvalue weighted by Crippen LogP contribution is -2.52. The van der Waals surface area contributed by atoms with E-state index in [4.69, 9.17) is 19.4 Å². The number of aliphatic carboxylic acids is 1. The highest BCUT2D eigenvalue weighted by Gasteiger charge is 2.50. The van der Waals surface area contributed by atoms with Crippen molar-refractivity contribution in [2.45, 2.75) is 56.3 Å². The quantitative estimate of drug-likeness (QED) is 0.321. The fourth-order valence-corrected chi connectivity index (χ4v) is 6.10. The predicted molar refractivity (Wildman–Crippen MR) is 149 cm³/mol. The summed E-state index contributed by atoms with van der Waals surface area (Å²) >= 11 is 0. The molecule has 12 heteroatoms. The number of halogens is 3. The molecule has 2 fully saturated rings. The number of hydrogen-bond acceptors (Lipinski definition) is 5. The summed E-state index contributed by atoms with van der Waals surface area (Å²) in [6.07, 6.45) is -1.08. The lowest BCUT2D eigenvalue weighted by molar-refractivity contribution is -0.192. The van der Waals surface area contributed by atoms with Crippen molar-refractivity contribution in [3.05, 3.63) is 53.7 Å². The van der Waals surface area contributed by atoms with Crippen LogP contribution < -0.4 is 20.1 Å². The molecule has 1 saturated carbocycles. The number of methoxy groups -OCH3 is 2. The fraction of sp³-hybridized carbons (Fsp3) is 0.448. The summed E-state index contributed by atoms with van der Waals surface area (Å²) in [6.45, 7) is 3.08. The van der Waals surface area contributed by atoms with Crippen LogP contribution in [0.15, 0.2) is 42.5 Å². The Morgan fingerprint density at radius 1 is 1.07 bits per heavy atom. The Morgan fingerprint density at radius 3 is 2.44 bits per heavy atom. The Labute approximate surface area is 236 Å². The number of likely N-dealkylation sites (N-methyl/N-ethyl adjacent to an activating group) is 1. The number of anilines is 1. The summed E-state index contributed by atoms with van der Waals surface area (Å²) < 4.78 is 42.8. The summed E-state index contributed by atoms with van der Waals surface area (Å²) in [5, 5.41) is 14.5. The Balaban J connectivity index is 0.000000493. The van der Waals surface area contributed by atoms with Gasteiger partial charge in [0.05, 0.1) is 14.2 Å². The van der Waals surface area contributed by atoms with E-state index in [1.807, 2.05) is 31.2 Å². The number of rotatable bonds is 5. The minimum Gasteiger partial charge on any atom is -0.493 e. The first-order chi connectivity index (χ1) is 19.4. The third kappa shape index (κ3) is 6.53. The highest BCUT2D eigenvalue weighted by atomic mass is 19.4. The number of carboxylic acids is 1. The second-order valence-corrected chi connectivity index (χ2v) is 10.6. The first-order valence-corrected chi connectivity index (χ1v) is 13.3. The molecule has 2 heterocycles. The van der Waals surface area contributed by atoms with Crippen LogP contribution in [0.25, 0.3) is 10.9 Å². The number of aromatic nitrogens is 1. The van der Waals surface area contributed by atoms with E-state index in [2.05, 4.69) is 45.8 Å².